The second-order valence-corrected chi connectivity index (χ2v) is 15.7. The Labute approximate surface area is 362 Å². The van der Waals surface area contributed by atoms with Crippen LogP contribution in [0.25, 0.3) is 81.6 Å². The van der Waals surface area contributed by atoms with Gasteiger partial charge in [0.25, 0.3) is 0 Å². The summed E-state index contributed by atoms with van der Waals surface area (Å²) in [6.07, 6.45) is 17.0. The monoisotopic (exact) mass is 802 g/mol. The number of hydrogen-bond acceptors (Lipinski definition) is 2. The summed E-state index contributed by atoms with van der Waals surface area (Å²) >= 11 is 1.91. The maximum absolute atomic E-state index is 4.42. The van der Waals surface area contributed by atoms with E-state index in [2.05, 4.69) is 224 Å². The number of benzene rings is 8. The fourth-order valence-electron chi connectivity index (χ4n) is 8.50. The van der Waals surface area contributed by atoms with Crippen LogP contribution in [-0.2, 0) is 6.42 Å². The molecule has 0 radical (unpaired) electrons. The number of thiophene rings is 1. The Hall–Kier alpha value is -7.51. The molecule has 0 unspecified atom stereocenters. The molecular weight excluding hydrogens is 757 g/mol. The fourth-order valence-corrected chi connectivity index (χ4v) is 9.90. The van der Waals surface area contributed by atoms with E-state index in [-0.39, 0.29) is 0 Å². The summed E-state index contributed by atoms with van der Waals surface area (Å²) in [5, 5.41) is 8.93. The third kappa shape index (κ3) is 7.62. The van der Waals surface area contributed by atoms with Gasteiger partial charge >= 0.3 is 0 Å². The predicted octanol–water partition coefficient (Wildman–Crippen LogP) is 16.1. The van der Waals surface area contributed by atoms with Crippen molar-refractivity contribution >= 4 is 81.8 Å². The van der Waals surface area contributed by atoms with Crippen LogP contribution in [0.5, 0.6) is 0 Å². The molecule has 0 spiro atoms. The van der Waals surface area contributed by atoms with Crippen LogP contribution in [0.4, 0.5) is 0 Å². The van der Waals surface area contributed by atoms with Crippen LogP contribution < -0.4 is 0 Å². The van der Waals surface area contributed by atoms with Crippen LogP contribution in [0, 0.1) is 12.8 Å². The molecule has 3 heteroatoms. The van der Waals surface area contributed by atoms with E-state index in [4.69, 9.17) is 0 Å². The van der Waals surface area contributed by atoms with Crippen molar-refractivity contribution in [2.75, 3.05) is 0 Å². The van der Waals surface area contributed by atoms with Crippen LogP contribution in [0.1, 0.15) is 41.8 Å². The van der Waals surface area contributed by atoms with Crippen molar-refractivity contribution < 1.29 is 0 Å². The lowest BCUT2D eigenvalue weighted by atomic mass is 9.94. The van der Waals surface area contributed by atoms with E-state index in [9.17, 15) is 0 Å². The molecule has 0 saturated heterocycles. The van der Waals surface area contributed by atoms with Gasteiger partial charge in [0, 0.05) is 59.7 Å². The van der Waals surface area contributed by atoms with Gasteiger partial charge in [-0.1, -0.05) is 177 Å². The average Bonchev–Trinajstić information content (AvgIpc) is 3.87. The van der Waals surface area contributed by atoms with E-state index in [0.29, 0.717) is 0 Å². The highest BCUT2D eigenvalue weighted by molar-refractivity contribution is 7.27. The van der Waals surface area contributed by atoms with Crippen molar-refractivity contribution in [3.8, 4) is 29.7 Å². The second kappa shape index (κ2) is 18.2. The molecule has 2 aromatic heterocycles. The average molecular weight is 803 g/mol. The molecule has 2 heterocycles. The minimum atomic E-state index is 0.941. The molecule has 0 aliphatic heterocycles. The molecule has 0 saturated carbocycles. The number of hydrogen-bond donors (Lipinski definition) is 0. The molecule has 0 atom stereocenters. The molecule has 0 bridgehead atoms. The van der Waals surface area contributed by atoms with E-state index in [0.717, 1.165) is 34.6 Å². The molecule has 0 amide bonds. The zero-order chi connectivity index (χ0) is 42.3. The van der Waals surface area contributed by atoms with Crippen LogP contribution in [0.15, 0.2) is 200 Å². The molecule has 10 rings (SSSR count). The van der Waals surface area contributed by atoms with Crippen molar-refractivity contribution in [2.24, 2.45) is 4.99 Å². The maximum atomic E-state index is 4.42. The zero-order valence-corrected chi connectivity index (χ0v) is 35.4. The molecular formula is C58H46N2S. The van der Waals surface area contributed by atoms with E-state index >= 15 is 0 Å². The summed E-state index contributed by atoms with van der Waals surface area (Å²) in [5.41, 5.74) is 11.8. The van der Waals surface area contributed by atoms with Crippen LogP contribution in [-0.4, -0.2) is 10.3 Å². The minimum Gasteiger partial charge on any atom is -0.309 e. The molecule has 10 aromatic rings. The van der Waals surface area contributed by atoms with Crippen molar-refractivity contribution in [1.29, 1.82) is 0 Å². The quantitative estimate of drug-likeness (QED) is 0.0827. The van der Waals surface area contributed by atoms with E-state index in [1.165, 1.54) is 74.9 Å². The predicted molar refractivity (Wildman–Crippen MR) is 269 cm³/mol. The standard InChI is InChI=1S/C43H32N2S.C13H12.C2H2/c1-5-15-38-31(6-2)37-26-36(29-16-9-8-10-17-29)43-40(41(37)45(38)30-24-22-28(23-25-30)27(4)44-7-3)39-34-20-13-11-18-32(34)33-19-12-14-21-35(33)42(39)46-43;1-3-7-12(8-4-1)11-13-9-5-2-6-10-13;1-2/h5-26H,2-3H2,1,4H3;1-10H,11H2;1-2H/b15-5-,44-27?;;. The molecule has 2 nitrogen and oxygen atoms in total. The fraction of sp³-hybridized carbons (Fsp3) is 0.0517. The lowest BCUT2D eigenvalue weighted by Crippen LogP contribution is -2.00. The van der Waals surface area contributed by atoms with Gasteiger partial charge in [-0.05, 0) is 83.0 Å². The number of allylic oxidation sites excluding steroid dienone is 1. The lowest BCUT2D eigenvalue weighted by Gasteiger charge is -2.13. The molecule has 0 N–H and O–H groups in total. The number of aliphatic imine (C=N–C) groups is 1. The Morgan fingerprint density at radius 3 is 1.74 bits per heavy atom. The van der Waals surface area contributed by atoms with Crippen LogP contribution >= 0.6 is 11.3 Å². The highest BCUT2D eigenvalue weighted by Gasteiger charge is 2.25. The number of terminal acetylenes is 1. The Morgan fingerprint density at radius 1 is 0.623 bits per heavy atom. The zero-order valence-electron chi connectivity index (χ0n) is 34.6. The molecule has 61 heavy (non-hydrogen) atoms. The molecule has 0 aliphatic rings. The summed E-state index contributed by atoms with van der Waals surface area (Å²) < 4.78 is 5.05. The summed E-state index contributed by atoms with van der Waals surface area (Å²) in [4.78, 5) is 4.42. The molecule has 8 aromatic carbocycles. The third-order valence-electron chi connectivity index (χ3n) is 11.2. The van der Waals surface area contributed by atoms with Gasteiger partial charge in [0.15, 0.2) is 0 Å². The largest absolute Gasteiger partial charge is 0.309 e. The Kier molecular flexibility index (Phi) is 12.0. The number of fused-ring (bicyclic) bond motifs is 10. The first kappa shape index (κ1) is 40.3. The van der Waals surface area contributed by atoms with Gasteiger partial charge in [0.1, 0.15) is 0 Å². The van der Waals surface area contributed by atoms with Crippen LogP contribution in [0.2, 0.25) is 0 Å². The molecule has 294 valence electrons. The van der Waals surface area contributed by atoms with Gasteiger partial charge in [-0.25, -0.2) is 0 Å². The lowest BCUT2D eigenvalue weighted by molar-refractivity contribution is 1.11. The van der Waals surface area contributed by atoms with Gasteiger partial charge in [0.2, 0.25) is 0 Å². The van der Waals surface area contributed by atoms with Crippen LogP contribution in [0.3, 0.4) is 0 Å². The highest BCUT2D eigenvalue weighted by atomic mass is 32.1. The van der Waals surface area contributed by atoms with Gasteiger partial charge in [0.05, 0.1) is 11.2 Å². The summed E-state index contributed by atoms with van der Waals surface area (Å²) in [6, 6.07) is 60.7. The molecule has 0 fully saturated rings. The Bertz CT molecular complexity index is 3210. The van der Waals surface area contributed by atoms with E-state index < -0.39 is 0 Å². The first-order valence-corrected chi connectivity index (χ1v) is 21.3. The smallest absolute Gasteiger partial charge is 0.0634 e. The Morgan fingerprint density at radius 2 is 1.16 bits per heavy atom. The number of nitrogens with zero attached hydrogens (tertiary/aromatic N) is 2. The highest BCUT2D eigenvalue weighted by Crippen LogP contribution is 2.51. The molecule has 0 aliphatic carbocycles. The first-order valence-electron chi connectivity index (χ1n) is 20.4. The van der Waals surface area contributed by atoms with Gasteiger partial charge in [-0.2, -0.15) is 0 Å². The van der Waals surface area contributed by atoms with Gasteiger partial charge in [-0.15, -0.1) is 24.2 Å². The van der Waals surface area contributed by atoms with Crippen molar-refractivity contribution in [1.82, 2.24) is 4.57 Å². The van der Waals surface area contributed by atoms with Crippen molar-refractivity contribution in [3.05, 3.63) is 223 Å². The second-order valence-electron chi connectivity index (χ2n) is 14.7. The maximum Gasteiger partial charge on any atom is 0.0634 e. The Balaban J connectivity index is 0.000000290. The normalized spacial score (nSPS) is 11.4. The summed E-state index contributed by atoms with van der Waals surface area (Å²) in [7, 11) is 0. The van der Waals surface area contributed by atoms with E-state index in [1.54, 1.807) is 6.20 Å². The number of rotatable bonds is 8. The van der Waals surface area contributed by atoms with E-state index in [1.807, 2.05) is 24.3 Å². The first-order chi connectivity index (χ1) is 30.1. The van der Waals surface area contributed by atoms with Gasteiger partial charge < -0.3 is 4.57 Å². The van der Waals surface area contributed by atoms with Crippen molar-refractivity contribution in [2.45, 2.75) is 20.3 Å². The minimum absolute atomic E-state index is 0.941. The summed E-state index contributed by atoms with van der Waals surface area (Å²) in [6.45, 7) is 12.2. The SMILES string of the molecule is C#C.C=CN=C(C)c1ccc(-n2c(/C=C\C)c(C=C)c3cc(-c4ccccc4)c4sc5c6ccccc6c6ccccc6c5c4c32)cc1.c1ccc(Cc2ccccc2)cc1. The third-order valence-corrected chi connectivity index (χ3v) is 12.4. The number of aromatic nitrogens is 1. The van der Waals surface area contributed by atoms with Crippen molar-refractivity contribution in [3.63, 3.8) is 0 Å². The topological polar surface area (TPSA) is 17.3 Å². The van der Waals surface area contributed by atoms with Gasteiger partial charge in [-0.3, -0.25) is 4.99 Å². The summed E-state index contributed by atoms with van der Waals surface area (Å²) in [5.74, 6) is 0.